The van der Waals surface area contributed by atoms with Crippen molar-refractivity contribution in [2.75, 3.05) is 0 Å². The summed E-state index contributed by atoms with van der Waals surface area (Å²) in [6.07, 6.45) is 0.648. The first kappa shape index (κ1) is 16.5. The summed E-state index contributed by atoms with van der Waals surface area (Å²) in [7, 11) is -3.57. The van der Waals surface area contributed by atoms with Crippen LogP contribution in [0.15, 0.2) is 57.9 Å². The summed E-state index contributed by atoms with van der Waals surface area (Å²) in [4.78, 5) is 0.240. The maximum Gasteiger partial charge on any atom is 0.241 e. The molecule has 0 aromatic heterocycles. The average molecular weight is 389 g/mol. The van der Waals surface area contributed by atoms with Crippen molar-refractivity contribution < 1.29 is 8.42 Å². The van der Waals surface area contributed by atoms with Crippen LogP contribution in [-0.2, 0) is 10.0 Å². The molecule has 0 aliphatic heterocycles. The third kappa shape index (κ3) is 4.30. The second-order valence-corrected chi connectivity index (χ2v) is 7.66. The largest absolute Gasteiger partial charge is 0.241 e. The summed E-state index contributed by atoms with van der Waals surface area (Å²) in [6.45, 7) is 1.93. The van der Waals surface area contributed by atoms with Crippen LogP contribution in [0, 0.1) is 0 Å². The Labute approximate surface area is 138 Å². The van der Waals surface area contributed by atoms with Crippen LogP contribution in [0.1, 0.15) is 24.9 Å². The van der Waals surface area contributed by atoms with Gasteiger partial charge in [-0.3, -0.25) is 0 Å². The third-order valence-corrected chi connectivity index (χ3v) is 5.30. The molecule has 2 aromatic rings. The maximum absolute atomic E-state index is 12.4. The number of nitrogens with one attached hydrogen (secondary N) is 1. The summed E-state index contributed by atoms with van der Waals surface area (Å²) in [5.41, 5.74) is 0.889. The lowest BCUT2D eigenvalue weighted by molar-refractivity contribution is 0.550. The Hall–Kier alpha value is -0.880. The molecule has 112 valence electrons. The molecule has 0 bridgehead atoms. The second kappa shape index (κ2) is 6.92. The van der Waals surface area contributed by atoms with E-state index in [2.05, 4.69) is 20.7 Å². The molecule has 0 aliphatic rings. The van der Waals surface area contributed by atoms with Crippen molar-refractivity contribution in [2.45, 2.75) is 24.3 Å². The summed E-state index contributed by atoms with van der Waals surface area (Å²) < 4.78 is 28.3. The van der Waals surface area contributed by atoms with Crippen molar-refractivity contribution in [2.24, 2.45) is 0 Å². The second-order valence-electron chi connectivity index (χ2n) is 4.59. The number of rotatable bonds is 5. The lowest BCUT2D eigenvalue weighted by Gasteiger charge is -2.17. The molecule has 1 unspecified atom stereocenters. The van der Waals surface area contributed by atoms with Crippen LogP contribution in [0.5, 0.6) is 0 Å². The van der Waals surface area contributed by atoms with Crippen molar-refractivity contribution in [3.63, 3.8) is 0 Å². The minimum absolute atomic E-state index is 0.240. The zero-order valence-corrected chi connectivity index (χ0v) is 14.5. The first-order chi connectivity index (χ1) is 9.92. The highest BCUT2D eigenvalue weighted by atomic mass is 79.9. The van der Waals surface area contributed by atoms with E-state index >= 15 is 0 Å². The topological polar surface area (TPSA) is 46.2 Å². The Balaban J connectivity index is 2.27. The lowest BCUT2D eigenvalue weighted by Crippen LogP contribution is -2.28. The smallest absolute Gasteiger partial charge is 0.207 e. The van der Waals surface area contributed by atoms with E-state index < -0.39 is 10.0 Å². The van der Waals surface area contributed by atoms with Crippen LogP contribution < -0.4 is 4.72 Å². The molecule has 1 atom stereocenters. The summed E-state index contributed by atoms with van der Waals surface area (Å²) in [6, 6.07) is 13.5. The average Bonchev–Trinajstić information content (AvgIpc) is 2.46. The zero-order chi connectivity index (χ0) is 15.5. The van der Waals surface area contributed by atoms with Gasteiger partial charge >= 0.3 is 0 Å². The lowest BCUT2D eigenvalue weighted by atomic mass is 10.1. The maximum atomic E-state index is 12.4. The van der Waals surface area contributed by atoms with Gasteiger partial charge in [-0.15, -0.1) is 0 Å². The van der Waals surface area contributed by atoms with Crippen LogP contribution in [0.3, 0.4) is 0 Å². The SMILES string of the molecule is CCC(NS(=O)(=O)c1cccc(Br)c1)c1ccc(Cl)cc1. The number of benzene rings is 2. The van der Waals surface area contributed by atoms with E-state index in [4.69, 9.17) is 11.6 Å². The minimum atomic E-state index is -3.57. The summed E-state index contributed by atoms with van der Waals surface area (Å²) in [5, 5.41) is 0.628. The van der Waals surface area contributed by atoms with Gasteiger partial charge in [0.1, 0.15) is 0 Å². The molecular formula is C15H15BrClNO2S. The van der Waals surface area contributed by atoms with E-state index in [-0.39, 0.29) is 10.9 Å². The molecule has 0 saturated heterocycles. The van der Waals surface area contributed by atoms with E-state index in [1.54, 1.807) is 36.4 Å². The fourth-order valence-electron chi connectivity index (χ4n) is 1.97. The van der Waals surface area contributed by atoms with E-state index in [0.717, 1.165) is 10.0 Å². The van der Waals surface area contributed by atoms with Crippen molar-refractivity contribution in [1.82, 2.24) is 4.72 Å². The van der Waals surface area contributed by atoms with Crippen LogP contribution in [-0.4, -0.2) is 8.42 Å². The Morgan fingerprint density at radius 2 is 1.86 bits per heavy atom. The molecule has 0 saturated carbocycles. The Morgan fingerprint density at radius 3 is 2.43 bits per heavy atom. The third-order valence-electron chi connectivity index (χ3n) is 3.08. The quantitative estimate of drug-likeness (QED) is 0.818. The van der Waals surface area contributed by atoms with Crippen molar-refractivity contribution in [3.8, 4) is 0 Å². The van der Waals surface area contributed by atoms with Gasteiger partial charge in [0.2, 0.25) is 10.0 Å². The van der Waals surface area contributed by atoms with Crippen LogP contribution in [0.2, 0.25) is 5.02 Å². The highest BCUT2D eigenvalue weighted by Crippen LogP contribution is 2.23. The van der Waals surface area contributed by atoms with E-state index in [1.807, 2.05) is 19.1 Å². The van der Waals surface area contributed by atoms with Crippen molar-refractivity contribution in [3.05, 3.63) is 63.6 Å². The fourth-order valence-corrected chi connectivity index (χ4v) is 4.00. The van der Waals surface area contributed by atoms with Crippen LogP contribution >= 0.6 is 27.5 Å². The van der Waals surface area contributed by atoms with E-state index in [1.165, 1.54) is 0 Å². The first-order valence-corrected chi connectivity index (χ1v) is 9.11. The first-order valence-electron chi connectivity index (χ1n) is 6.45. The molecule has 0 aliphatic carbocycles. The Bertz CT molecular complexity index is 717. The van der Waals surface area contributed by atoms with Gasteiger partial charge in [-0.1, -0.05) is 52.7 Å². The molecular weight excluding hydrogens is 374 g/mol. The van der Waals surface area contributed by atoms with Crippen molar-refractivity contribution >= 4 is 37.6 Å². The molecule has 0 amide bonds. The molecule has 0 spiro atoms. The van der Waals surface area contributed by atoms with Gasteiger partial charge in [-0.25, -0.2) is 13.1 Å². The molecule has 2 aromatic carbocycles. The summed E-state index contributed by atoms with van der Waals surface area (Å²) >= 11 is 9.15. The van der Waals surface area contributed by atoms with Crippen molar-refractivity contribution in [1.29, 1.82) is 0 Å². The van der Waals surface area contributed by atoms with Gasteiger partial charge < -0.3 is 0 Å². The summed E-state index contributed by atoms with van der Waals surface area (Å²) in [5.74, 6) is 0. The van der Waals surface area contributed by atoms with E-state index in [9.17, 15) is 8.42 Å². The number of sulfonamides is 1. The van der Waals surface area contributed by atoms with Gasteiger partial charge in [0.25, 0.3) is 0 Å². The van der Waals surface area contributed by atoms with E-state index in [0.29, 0.717) is 11.4 Å². The molecule has 3 nitrogen and oxygen atoms in total. The van der Waals surface area contributed by atoms with Crippen LogP contribution in [0.4, 0.5) is 0 Å². The number of hydrogen-bond donors (Lipinski definition) is 1. The van der Waals surface area contributed by atoms with Gasteiger partial charge in [-0.05, 0) is 42.3 Å². The fraction of sp³-hybridized carbons (Fsp3) is 0.200. The van der Waals surface area contributed by atoms with Gasteiger partial charge in [0.15, 0.2) is 0 Å². The molecule has 6 heteroatoms. The zero-order valence-electron chi connectivity index (χ0n) is 11.4. The molecule has 0 radical (unpaired) electrons. The van der Waals surface area contributed by atoms with Crippen LogP contribution in [0.25, 0.3) is 0 Å². The minimum Gasteiger partial charge on any atom is -0.207 e. The Kier molecular flexibility index (Phi) is 5.43. The van der Waals surface area contributed by atoms with Gasteiger partial charge in [0, 0.05) is 15.5 Å². The molecule has 21 heavy (non-hydrogen) atoms. The Morgan fingerprint density at radius 1 is 1.19 bits per heavy atom. The monoisotopic (exact) mass is 387 g/mol. The highest BCUT2D eigenvalue weighted by molar-refractivity contribution is 9.10. The number of hydrogen-bond acceptors (Lipinski definition) is 2. The predicted molar refractivity (Wildman–Crippen MR) is 88.9 cm³/mol. The standard InChI is InChI=1S/C15H15BrClNO2S/c1-2-15(11-6-8-13(17)9-7-11)18-21(19,20)14-5-3-4-12(16)10-14/h3-10,15,18H,2H2,1H3. The highest BCUT2D eigenvalue weighted by Gasteiger charge is 2.20. The molecule has 0 heterocycles. The normalized spacial score (nSPS) is 13.1. The molecule has 2 rings (SSSR count). The molecule has 1 N–H and O–H groups in total. The predicted octanol–water partition coefficient (Wildman–Crippen LogP) is 4.53. The molecule has 0 fully saturated rings. The van der Waals surface area contributed by atoms with Gasteiger partial charge in [0.05, 0.1) is 4.90 Å². The number of halogens is 2. The van der Waals surface area contributed by atoms with Gasteiger partial charge in [-0.2, -0.15) is 0 Å².